The second-order valence-corrected chi connectivity index (χ2v) is 4.44. The first-order valence-corrected chi connectivity index (χ1v) is 5.88. The Morgan fingerprint density at radius 3 is 3.06 bits per heavy atom. The van der Waals surface area contributed by atoms with Crippen LogP contribution in [0.5, 0.6) is 0 Å². The highest BCUT2D eigenvalue weighted by atomic mass is 16.5. The van der Waals surface area contributed by atoms with E-state index in [0.717, 1.165) is 41.2 Å². The summed E-state index contributed by atoms with van der Waals surface area (Å²) in [5.41, 5.74) is 3.82. The summed E-state index contributed by atoms with van der Waals surface area (Å²) >= 11 is 0. The summed E-state index contributed by atoms with van der Waals surface area (Å²) < 4.78 is 4.80. The summed E-state index contributed by atoms with van der Waals surface area (Å²) in [6, 6.07) is 0. The topological polar surface area (TPSA) is 64.4 Å². The molecular formula is C13H13N3O2. The Kier molecular flexibility index (Phi) is 2.47. The number of nitrogens with zero attached hydrogens (tertiary/aromatic N) is 3. The fourth-order valence-electron chi connectivity index (χ4n) is 2.44. The molecule has 1 atom stereocenters. The molecule has 5 nitrogen and oxygen atoms in total. The van der Waals surface area contributed by atoms with Crippen LogP contribution < -0.4 is 0 Å². The maximum absolute atomic E-state index is 11.7. The van der Waals surface area contributed by atoms with Crippen LogP contribution in [0.1, 0.15) is 23.5 Å². The minimum absolute atomic E-state index is 0.252. The lowest BCUT2D eigenvalue weighted by atomic mass is 9.88. The lowest BCUT2D eigenvalue weighted by Crippen LogP contribution is -2.20. The minimum Gasteiger partial charge on any atom is -0.468 e. The van der Waals surface area contributed by atoms with Crippen LogP contribution in [-0.2, 0) is 16.0 Å². The van der Waals surface area contributed by atoms with E-state index in [0.29, 0.717) is 0 Å². The number of fused-ring (bicyclic) bond motifs is 2. The SMILES string of the molecule is COC(=O)C1C=NC2=C1CCc1cnc(C)nc12. The van der Waals surface area contributed by atoms with Crippen LogP contribution in [0.4, 0.5) is 0 Å². The Hall–Kier alpha value is -2.04. The average Bonchev–Trinajstić information content (AvgIpc) is 2.82. The van der Waals surface area contributed by atoms with E-state index >= 15 is 0 Å². The third kappa shape index (κ3) is 1.54. The molecule has 5 heteroatoms. The lowest BCUT2D eigenvalue weighted by Gasteiger charge is -2.18. The number of hydrogen-bond acceptors (Lipinski definition) is 5. The van der Waals surface area contributed by atoms with Gasteiger partial charge in [-0.05, 0) is 30.9 Å². The van der Waals surface area contributed by atoms with Gasteiger partial charge in [-0.2, -0.15) is 0 Å². The molecule has 18 heavy (non-hydrogen) atoms. The molecule has 1 aliphatic carbocycles. The molecule has 2 aliphatic rings. The monoisotopic (exact) mass is 243 g/mol. The molecule has 1 aromatic heterocycles. The van der Waals surface area contributed by atoms with Crippen LogP contribution in [0.15, 0.2) is 16.8 Å². The third-order valence-corrected chi connectivity index (χ3v) is 3.36. The first-order chi connectivity index (χ1) is 8.70. The van der Waals surface area contributed by atoms with Gasteiger partial charge in [-0.15, -0.1) is 0 Å². The van der Waals surface area contributed by atoms with Crippen molar-refractivity contribution in [2.75, 3.05) is 7.11 Å². The number of hydrogen-bond donors (Lipinski definition) is 0. The Morgan fingerprint density at radius 2 is 2.28 bits per heavy atom. The summed E-state index contributed by atoms with van der Waals surface area (Å²) in [5.74, 6) is 0.130. The fourth-order valence-corrected chi connectivity index (χ4v) is 2.44. The van der Waals surface area contributed by atoms with Gasteiger partial charge < -0.3 is 4.74 Å². The molecule has 0 amide bonds. The van der Waals surface area contributed by atoms with Gasteiger partial charge in [0.1, 0.15) is 11.7 Å². The zero-order valence-electron chi connectivity index (χ0n) is 10.3. The molecule has 3 rings (SSSR count). The molecule has 1 aromatic rings. The largest absolute Gasteiger partial charge is 0.468 e. The molecule has 0 saturated carbocycles. The van der Waals surface area contributed by atoms with Crippen molar-refractivity contribution < 1.29 is 9.53 Å². The molecule has 0 saturated heterocycles. The minimum atomic E-state index is -0.339. The van der Waals surface area contributed by atoms with E-state index < -0.39 is 0 Å². The van der Waals surface area contributed by atoms with Crippen molar-refractivity contribution >= 4 is 17.9 Å². The van der Waals surface area contributed by atoms with Gasteiger partial charge in [0, 0.05) is 12.4 Å². The molecular weight excluding hydrogens is 230 g/mol. The lowest BCUT2D eigenvalue weighted by molar-refractivity contribution is -0.141. The molecule has 1 aliphatic heterocycles. The van der Waals surface area contributed by atoms with E-state index in [2.05, 4.69) is 15.0 Å². The molecule has 0 N–H and O–H groups in total. The predicted molar refractivity (Wildman–Crippen MR) is 66.0 cm³/mol. The molecule has 0 fully saturated rings. The van der Waals surface area contributed by atoms with Gasteiger partial charge in [0.05, 0.1) is 18.5 Å². The van der Waals surface area contributed by atoms with Crippen LogP contribution in [0.25, 0.3) is 5.70 Å². The zero-order chi connectivity index (χ0) is 12.7. The summed E-state index contributed by atoms with van der Waals surface area (Å²) in [7, 11) is 1.40. The summed E-state index contributed by atoms with van der Waals surface area (Å²) in [6.07, 6.45) is 5.17. The zero-order valence-corrected chi connectivity index (χ0v) is 10.3. The smallest absolute Gasteiger partial charge is 0.318 e. The summed E-state index contributed by atoms with van der Waals surface area (Å²) in [4.78, 5) is 24.7. The second kappa shape index (κ2) is 4.01. The molecule has 0 aromatic carbocycles. The molecule has 0 spiro atoms. The van der Waals surface area contributed by atoms with Gasteiger partial charge in [-0.3, -0.25) is 9.79 Å². The van der Waals surface area contributed by atoms with E-state index in [1.807, 2.05) is 13.1 Å². The number of methoxy groups -OCH3 is 1. The average molecular weight is 243 g/mol. The van der Waals surface area contributed by atoms with E-state index in [1.165, 1.54) is 7.11 Å². The van der Waals surface area contributed by atoms with Gasteiger partial charge in [-0.25, -0.2) is 9.97 Å². The van der Waals surface area contributed by atoms with Crippen LogP contribution >= 0.6 is 0 Å². The van der Waals surface area contributed by atoms with Crippen molar-refractivity contribution in [1.29, 1.82) is 0 Å². The summed E-state index contributed by atoms with van der Waals surface area (Å²) in [6.45, 7) is 1.85. The van der Waals surface area contributed by atoms with E-state index in [4.69, 9.17) is 4.74 Å². The third-order valence-electron chi connectivity index (χ3n) is 3.36. The number of carbonyl (C=O) groups excluding carboxylic acids is 1. The molecule has 2 heterocycles. The highest BCUT2D eigenvalue weighted by molar-refractivity contribution is 6.01. The normalized spacial score (nSPS) is 20.7. The fraction of sp³-hybridized carbons (Fsp3) is 0.385. The van der Waals surface area contributed by atoms with Crippen molar-refractivity contribution in [1.82, 2.24) is 9.97 Å². The number of ether oxygens (including phenoxy) is 1. The molecule has 1 unspecified atom stereocenters. The van der Waals surface area contributed by atoms with Gasteiger partial charge >= 0.3 is 5.97 Å². The number of esters is 1. The van der Waals surface area contributed by atoms with E-state index in [9.17, 15) is 4.79 Å². The molecule has 0 bridgehead atoms. The van der Waals surface area contributed by atoms with E-state index in [-0.39, 0.29) is 11.9 Å². The number of aryl methyl sites for hydroxylation is 2. The van der Waals surface area contributed by atoms with Gasteiger partial charge in [0.2, 0.25) is 0 Å². The number of rotatable bonds is 1. The van der Waals surface area contributed by atoms with Crippen molar-refractivity contribution in [3.63, 3.8) is 0 Å². The molecule has 0 radical (unpaired) electrons. The van der Waals surface area contributed by atoms with E-state index in [1.54, 1.807) is 6.21 Å². The van der Waals surface area contributed by atoms with Crippen molar-refractivity contribution in [3.8, 4) is 0 Å². The van der Waals surface area contributed by atoms with Crippen LogP contribution in [-0.4, -0.2) is 29.3 Å². The van der Waals surface area contributed by atoms with Crippen LogP contribution in [0.2, 0.25) is 0 Å². The molecule has 92 valence electrons. The number of carbonyl (C=O) groups is 1. The Bertz CT molecular complexity index is 590. The Labute approximate surface area is 105 Å². The number of aromatic nitrogens is 2. The maximum atomic E-state index is 11.7. The van der Waals surface area contributed by atoms with Crippen molar-refractivity contribution in [2.24, 2.45) is 10.9 Å². The second-order valence-electron chi connectivity index (χ2n) is 4.44. The van der Waals surface area contributed by atoms with Crippen LogP contribution in [0.3, 0.4) is 0 Å². The number of aliphatic imine (C=N–C) groups is 1. The van der Waals surface area contributed by atoms with Gasteiger partial charge in [0.15, 0.2) is 0 Å². The summed E-state index contributed by atoms with van der Waals surface area (Å²) in [5, 5.41) is 0. The first kappa shape index (κ1) is 11.1. The maximum Gasteiger partial charge on any atom is 0.318 e. The van der Waals surface area contributed by atoms with Crippen LogP contribution in [0, 0.1) is 12.8 Å². The Balaban J connectivity index is 2.08. The highest BCUT2D eigenvalue weighted by Crippen LogP contribution is 2.38. The first-order valence-electron chi connectivity index (χ1n) is 5.88. The standard InChI is InChI=1S/C13H13N3O2/c1-7-14-5-8-3-4-9-10(13(17)18-2)6-15-12(9)11(8)16-7/h5-6,10H,3-4H2,1-2H3. The Morgan fingerprint density at radius 1 is 1.44 bits per heavy atom. The van der Waals surface area contributed by atoms with Crippen molar-refractivity contribution in [2.45, 2.75) is 19.8 Å². The van der Waals surface area contributed by atoms with Gasteiger partial charge in [-0.1, -0.05) is 0 Å². The predicted octanol–water partition coefficient (Wildman–Crippen LogP) is 1.32. The van der Waals surface area contributed by atoms with Gasteiger partial charge in [0.25, 0.3) is 0 Å². The quantitative estimate of drug-likeness (QED) is 0.698. The van der Waals surface area contributed by atoms with Crippen molar-refractivity contribution in [3.05, 3.63) is 28.9 Å². The highest BCUT2D eigenvalue weighted by Gasteiger charge is 2.33.